The molecular formula is C18H20N4O2S. The summed E-state index contributed by atoms with van der Waals surface area (Å²) in [4.78, 5) is 16.6. The van der Waals surface area contributed by atoms with Gasteiger partial charge in [-0.05, 0) is 25.0 Å². The van der Waals surface area contributed by atoms with Crippen molar-refractivity contribution in [2.24, 2.45) is 0 Å². The normalized spacial score (nSPS) is 11.0. The molecule has 3 aromatic rings. The van der Waals surface area contributed by atoms with Crippen molar-refractivity contribution >= 4 is 22.4 Å². The Morgan fingerprint density at radius 3 is 2.68 bits per heavy atom. The van der Waals surface area contributed by atoms with Crippen LogP contribution in [-0.2, 0) is 11.2 Å². The summed E-state index contributed by atoms with van der Waals surface area (Å²) in [5.41, 5.74) is 1.47. The van der Waals surface area contributed by atoms with Gasteiger partial charge in [0.15, 0.2) is 0 Å². The van der Waals surface area contributed by atoms with Crippen LogP contribution in [0.2, 0.25) is 0 Å². The van der Waals surface area contributed by atoms with E-state index < -0.39 is 0 Å². The van der Waals surface area contributed by atoms with E-state index in [1.807, 2.05) is 30.3 Å². The van der Waals surface area contributed by atoms with E-state index in [4.69, 9.17) is 4.42 Å². The SMILES string of the molecule is CCC(CC)c1nnc(NC(=O)Cc2coc(-c3ccccc3)n2)s1. The van der Waals surface area contributed by atoms with Crippen molar-refractivity contribution < 1.29 is 9.21 Å². The van der Waals surface area contributed by atoms with Crippen molar-refractivity contribution in [1.29, 1.82) is 0 Å². The number of hydrogen-bond acceptors (Lipinski definition) is 6. The molecule has 0 aliphatic heterocycles. The number of carbonyl (C=O) groups excluding carboxylic acids is 1. The molecule has 25 heavy (non-hydrogen) atoms. The van der Waals surface area contributed by atoms with Gasteiger partial charge in [-0.2, -0.15) is 0 Å². The first-order chi connectivity index (χ1) is 12.2. The van der Waals surface area contributed by atoms with Gasteiger partial charge in [-0.1, -0.05) is 43.4 Å². The highest BCUT2D eigenvalue weighted by Gasteiger charge is 2.16. The molecule has 0 aliphatic rings. The molecule has 0 bridgehead atoms. The molecule has 3 rings (SSSR count). The summed E-state index contributed by atoms with van der Waals surface area (Å²) in [5.74, 6) is 0.725. The largest absolute Gasteiger partial charge is 0.444 e. The molecule has 0 atom stereocenters. The highest BCUT2D eigenvalue weighted by molar-refractivity contribution is 7.15. The second-order valence-corrected chi connectivity index (χ2v) is 6.70. The standard InChI is InChI=1S/C18H20N4O2S/c1-3-12(4-2)17-21-22-18(25-17)20-15(23)10-14-11-24-16(19-14)13-8-6-5-7-9-13/h5-9,11-12H,3-4,10H2,1-2H3,(H,20,22,23). The lowest BCUT2D eigenvalue weighted by atomic mass is 10.1. The first-order valence-electron chi connectivity index (χ1n) is 8.32. The number of oxazole rings is 1. The van der Waals surface area contributed by atoms with E-state index in [1.165, 1.54) is 17.6 Å². The summed E-state index contributed by atoms with van der Waals surface area (Å²) in [6, 6.07) is 9.59. The summed E-state index contributed by atoms with van der Waals surface area (Å²) >= 11 is 1.43. The molecule has 1 aromatic carbocycles. The Balaban J connectivity index is 1.61. The van der Waals surface area contributed by atoms with Crippen molar-refractivity contribution in [3.63, 3.8) is 0 Å². The number of carbonyl (C=O) groups is 1. The molecule has 0 unspecified atom stereocenters. The Morgan fingerprint density at radius 2 is 1.96 bits per heavy atom. The van der Waals surface area contributed by atoms with Gasteiger partial charge in [0.2, 0.25) is 16.9 Å². The first-order valence-corrected chi connectivity index (χ1v) is 9.14. The molecule has 1 amide bonds. The van der Waals surface area contributed by atoms with Crippen molar-refractivity contribution in [2.75, 3.05) is 5.32 Å². The molecule has 0 aliphatic carbocycles. The van der Waals surface area contributed by atoms with Crippen molar-refractivity contribution in [2.45, 2.75) is 39.0 Å². The molecule has 0 radical (unpaired) electrons. The Bertz CT molecular complexity index is 824. The summed E-state index contributed by atoms with van der Waals surface area (Å²) in [6.07, 6.45) is 3.68. The molecule has 0 saturated carbocycles. The maximum Gasteiger partial charge on any atom is 0.232 e. The molecule has 130 valence electrons. The second kappa shape index (κ2) is 8.02. The van der Waals surface area contributed by atoms with E-state index in [0.29, 0.717) is 22.6 Å². The highest BCUT2D eigenvalue weighted by atomic mass is 32.1. The van der Waals surface area contributed by atoms with Gasteiger partial charge >= 0.3 is 0 Å². The number of nitrogens with zero attached hydrogens (tertiary/aromatic N) is 3. The fraction of sp³-hybridized carbons (Fsp3) is 0.333. The van der Waals surface area contributed by atoms with E-state index in [-0.39, 0.29) is 12.3 Å². The van der Waals surface area contributed by atoms with Gasteiger partial charge in [0.25, 0.3) is 0 Å². The number of benzene rings is 1. The zero-order valence-electron chi connectivity index (χ0n) is 14.2. The lowest BCUT2D eigenvalue weighted by Crippen LogP contribution is -2.14. The van der Waals surface area contributed by atoms with Crippen molar-refractivity contribution in [1.82, 2.24) is 15.2 Å². The fourth-order valence-corrected chi connectivity index (χ4v) is 3.54. The highest BCUT2D eigenvalue weighted by Crippen LogP contribution is 2.28. The second-order valence-electron chi connectivity index (χ2n) is 5.69. The molecule has 2 heterocycles. The first kappa shape index (κ1) is 17.3. The lowest BCUT2D eigenvalue weighted by molar-refractivity contribution is -0.115. The van der Waals surface area contributed by atoms with Crippen LogP contribution in [0.15, 0.2) is 41.0 Å². The van der Waals surface area contributed by atoms with E-state index in [2.05, 4.69) is 34.3 Å². The van der Waals surface area contributed by atoms with Crippen LogP contribution in [-0.4, -0.2) is 21.1 Å². The zero-order valence-corrected chi connectivity index (χ0v) is 15.0. The number of rotatable bonds is 7. The van der Waals surface area contributed by atoms with Gasteiger partial charge in [-0.25, -0.2) is 4.98 Å². The Hall–Kier alpha value is -2.54. The average molecular weight is 356 g/mol. The number of nitrogens with one attached hydrogen (secondary N) is 1. The molecule has 7 heteroatoms. The average Bonchev–Trinajstić information content (AvgIpc) is 3.27. The topological polar surface area (TPSA) is 80.9 Å². The van der Waals surface area contributed by atoms with Crippen LogP contribution >= 0.6 is 11.3 Å². The number of amides is 1. The van der Waals surface area contributed by atoms with E-state index >= 15 is 0 Å². The monoisotopic (exact) mass is 356 g/mol. The fourth-order valence-electron chi connectivity index (χ4n) is 2.52. The van der Waals surface area contributed by atoms with Gasteiger partial charge in [0.1, 0.15) is 11.3 Å². The van der Waals surface area contributed by atoms with Crippen LogP contribution in [0.1, 0.15) is 43.3 Å². The molecule has 0 spiro atoms. The maximum absolute atomic E-state index is 12.2. The summed E-state index contributed by atoms with van der Waals surface area (Å²) in [6.45, 7) is 4.26. The van der Waals surface area contributed by atoms with Crippen LogP contribution in [0, 0.1) is 0 Å². The van der Waals surface area contributed by atoms with Crippen LogP contribution in [0.3, 0.4) is 0 Å². The maximum atomic E-state index is 12.2. The van der Waals surface area contributed by atoms with Gasteiger partial charge in [-0.15, -0.1) is 10.2 Å². The van der Waals surface area contributed by atoms with Crippen molar-refractivity contribution in [3.05, 3.63) is 47.3 Å². The molecule has 0 fully saturated rings. The molecule has 1 N–H and O–H groups in total. The van der Waals surface area contributed by atoms with Gasteiger partial charge in [-0.3, -0.25) is 4.79 Å². The predicted octanol–water partition coefficient (Wildman–Crippen LogP) is 4.28. The molecule has 2 aromatic heterocycles. The zero-order chi connectivity index (χ0) is 17.6. The summed E-state index contributed by atoms with van der Waals surface area (Å²) in [7, 11) is 0. The van der Waals surface area contributed by atoms with E-state index in [9.17, 15) is 4.79 Å². The Kier molecular flexibility index (Phi) is 5.55. The van der Waals surface area contributed by atoms with Crippen LogP contribution in [0.25, 0.3) is 11.5 Å². The minimum atomic E-state index is -0.180. The van der Waals surface area contributed by atoms with Gasteiger partial charge in [0, 0.05) is 11.5 Å². The van der Waals surface area contributed by atoms with Crippen LogP contribution in [0.5, 0.6) is 0 Å². The number of hydrogen-bond donors (Lipinski definition) is 1. The van der Waals surface area contributed by atoms with Crippen molar-refractivity contribution in [3.8, 4) is 11.5 Å². The third-order valence-corrected chi connectivity index (χ3v) is 4.94. The number of aromatic nitrogens is 3. The lowest BCUT2D eigenvalue weighted by Gasteiger charge is -2.05. The molecule has 6 nitrogen and oxygen atoms in total. The predicted molar refractivity (Wildman–Crippen MR) is 97.5 cm³/mol. The van der Waals surface area contributed by atoms with E-state index in [0.717, 1.165) is 23.4 Å². The minimum absolute atomic E-state index is 0.135. The van der Waals surface area contributed by atoms with Gasteiger partial charge in [0.05, 0.1) is 12.1 Å². The summed E-state index contributed by atoms with van der Waals surface area (Å²) < 4.78 is 5.45. The summed E-state index contributed by atoms with van der Waals surface area (Å²) in [5, 5.41) is 12.5. The van der Waals surface area contributed by atoms with E-state index in [1.54, 1.807) is 0 Å². The molecular weight excluding hydrogens is 336 g/mol. The minimum Gasteiger partial charge on any atom is -0.444 e. The van der Waals surface area contributed by atoms with Crippen LogP contribution < -0.4 is 5.32 Å². The van der Waals surface area contributed by atoms with Gasteiger partial charge < -0.3 is 9.73 Å². The quantitative estimate of drug-likeness (QED) is 0.683. The van der Waals surface area contributed by atoms with Crippen LogP contribution in [0.4, 0.5) is 5.13 Å². The third-order valence-electron chi connectivity index (χ3n) is 3.94. The Morgan fingerprint density at radius 1 is 1.20 bits per heavy atom. The third kappa shape index (κ3) is 4.30. The smallest absolute Gasteiger partial charge is 0.232 e. The molecule has 0 saturated heterocycles. The number of anilines is 1. The Labute approximate surface area is 150 Å².